The van der Waals surface area contributed by atoms with Gasteiger partial charge in [0, 0.05) is 25.2 Å². The Balaban J connectivity index is 1.44. The highest BCUT2D eigenvalue weighted by molar-refractivity contribution is 5.97. The van der Waals surface area contributed by atoms with Crippen LogP contribution in [-0.4, -0.2) is 33.4 Å². The molecule has 4 rings (SSSR count). The molecule has 7 heteroatoms. The number of nitrogens with zero attached hydrogens (tertiary/aromatic N) is 2. The quantitative estimate of drug-likeness (QED) is 0.584. The van der Waals surface area contributed by atoms with Crippen LogP contribution in [0.1, 0.15) is 54.1 Å². The smallest absolute Gasteiger partial charge is 0.316 e. The van der Waals surface area contributed by atoms with Gasteiger partial charge in [-0.1, -0.05) is 37.1 Å². The van der Waals surface area contributed by atoms with Crippen molar-refractivity contribution >= 4 is 16.9 Å². The molecule has 1 fully saturated rings. The van der Waals surface area contributed by atoms with E-state index < -0.39 is 11.1 Å². The molecular weight excluding hydrogens is 404 g/mol. The number of fused-ring (bicyclic) bond motifs is 1. The number of likely N-dealkylation sites (tertiary alicyclic amines) is 1. The van der Waals surface area contributed by atoms with E-state index in [-0.39, 0.29) is 5.91 Å². The summed E-state index contributed by atoms with van der Waals surface area (Å²) >= 11 is 0. The number of carbonyl (C=O) groups is 1. The maximum atomic E-state index is 12.7. The number of carbonyl (C=O) groups excluding carboxylic acids is 1. The second-order valence-electron chi connectivity index (χ2n) is 8.43. The molecule has 1 amide bonds. The monoisotopic (exact) mass is 434 g/mol. The van der Waals surface area contributed by atoms with Crippen LogP contribution in [0.3, 0.4) is 0 Å². The van der Waals surface area contributed by atoms with Gasteiger partial charge < -0.3 is 14.9 Å². The minimum absolute atomic E-state index is 0.222. The van der Waals surface area contributed by atoms with Crippen molar-refractivity contribution in [2.75, 3.05) is 13.1 Å². The van der Waals surface area contributed by atoms with Gasteiger partial charge in [-0.15, -0.1) is 0 Å². The summed E-state index contributed by atoms with van der Waals surface area (Å²) in [5, 5.41) is 2.96. The molecule has 1 aromatic heterocycles. The fourth-order valence-corrected chi connectivity index (χ4v) is 4.41. The van der Waals surface area contributed by atoms with Gasteiger partial charge in [0.15, 0.2) is 0 Å². The first-order valence-electron chi connectivity index (χ1n) is 11.4. The van der Waals surface area contributed by atoms with Crippen LogP contribution in [0.15, 0.2) is 52.1 Å². The average Bonchev–Trinajstić information content (AvgIpc) is 3.07. The number of H-pyrrole nitrogens is 1. The number of aromatic nitrogens is 2. The molecular formula is C25H30N4O3. The highest BCUT2D eigenvalue weighted by atomic mass is 16.2. The first-order valence-corrected chi connectivity index (χ1v) is 11.4. The molecule has 168 valence electrons. The van der Waals surface area contributed by atoms with Crippen molar-refractivity contribution in [3.8, 4) is 0 Å². The van der Waals surface area contributed by atoms with E-state index in [9.17, 15) is 14.4 Å². The molecule has 1 aliphatic rings. The van der Waals surface area contributed by atoms with Crippen molar-refractivity contribution in [1.29, 1.82) is 0 Å². The van der Waals surface area contributed by atoms with E-state index in [1.807, 2.05) is 19.1 Å². The summed E-state index contributed by atoms with van der Waals surface area (Å²) < 4.78 is 1.41. The van der Waals surface area contributed by atoms with Crippen molar-refractivity contribution in [2.45, 2.75) is 52.2 Å². The van der Waals surface area contributed by atoms with E-state index in [1.54, 1.807) is 18.2 Å². The lowest BCUT2D eigenvalue weighted by atomic mass is 10.1. The third-order valence-electron chi connectivity index (χ3n) is 6.10. The van der Waals surface area contributed by atoms with Crippen LogP contribution in [0, 0.1) is 0 Å². The number of aryl methyl sites for hydroxylation is 1. The molecule has 0 saturated carbocycles. The van der Waals surface area contributed by atoms with Gasteiger partial charge in [-0.05, 0) is 62.2 Å². The number of nitrogens with one attached hydrogen (secondary N) is 2. The molecule has 0 aliphatic carbocycles. The molecule has 7 nitrogen and oxygen atoms in total. The first-order chi connectivity index (χ1) is 15.5. The maximum Gasteiger partial charge on any atom is 0.316 e. The lowest BCUT2D eigenvalue weighted by molar-refractivity contribution is 0.0951. The Labute approximate surface area is 187 Å². The lowest BCUT2D eigenvalue weighted by Crippen LogP contribution is -2.36. The Morgan fingerprint density at radius 2 is 1.75 bits per heavy atom. The molecule has 0 unspecified atom stereocenters. The van der Waals surface area contributed by atoms with Gasteiger partial charge in [0.25, 0.3) is 5.91 Å². The van der Waals surface area contributed by atoms with Gasteiger partial charge in [-0.25, -0.2) is 0 Å². The van der Waals surface area contributed by atoms with Crippen LogP contribution in [0.4, 0.5) is 0 Å². The minimum atomic E-state index is -0.682. The number of rotatable bonds is 6. The Hall–Kier alpha value is -3.19. The van der Waals surface area contributed by atoms with Crippen molar-refractivity contribution in [2.24, 2.45) is 0 Å². The van der Waals surface area contributed by atoms with E-state index in [0.29, 0.717) is 29.7 Å². The number of hydrogen-bond acceptors (Lipinski definition) is 4. The predicted molar refractivity (Wildman–Crippen MR) is 126 cm³/mol. The van der Waals surface area contributed by atoms with Crippen molar-refractivity contribution in [1.82, 2.24) is 19.8 Å². The molecule has 0 radical (unpaired) electrons. The third-order valence-corrected chi connectivity index (χ3v) is 6.10. The molecule has 2 aromatic carbocycles. The van der Waals surface area contributed by atoms with Gasteiger partial charge in [-0.3, -0.25) is 19.3 Å². The molecule has 0 spiro atoms. The molecule has 1 saturated heterocycles. The maximum absolute atomic E-state index is 12.7. The van der Waals surface area contributed by atoms with Gasteiger partial charge in [0.1, 0.15) is 0 Å². The van der Waals surface area contributed by atoms with Crippen LogP contribution in [-0.2, 0) is 19.6 Å². The fourth-order valence-electron chi connectivity index (χ4n) is 4.41. The highest BCUT2D eigenvalue weighted by Gasteiger charge is 2.12. The standard InChI is InChI=1S/C25H30N4O3/c1-2-29-22-11-10-20(15-21(22)27-24(31)25(29)32)23(30)26-16-18-8-7-9-19(14-18)17-28-12-5-3-4-6-13-28/h7-11,14-15H,2-6,12-13,16-17H2,1H3,(H,26,30)(H,27,31). The van der Waals surface area contributed by atoms with Crippen LogP contribution in [0.5, 0.6) is 0 Å². The Bertz CT molecular complexity index is 1220. The lowest BCUT2D eigenvalue weighted by Gasteiger charge is -2.20. The molecule has 0 bridgehead atoms. The van der Waals surface area contributed by atoms with Crippen molar-refractivity contribution < 1.29 is 4.79 Å². The SMILES string of the molecule is CCn1c(=O)c(=O)[nH]c2cc(C(=O)NCc3cccc(CN4CCCCCC4)c3)ccc21. The van der Waals surface area contributed by atoms with E-state index in [2.05, 4.69) is 27.3 Å². The summed E-state index contributed by atoms with van der Waals surface area (Å²) in [7, 11) is 0. The fraction of sp³-hybridized carbons (Fsp3) is 0.400. The number of hydrogen-bond donors (Lipinski definition) is 2. The zero-order chi connectivity index (χ0) is 22.5. The third kappa shape index (κ3) is 4.99. The van der Waals surface area contributed by atoms with Gasteiger partial charge in [-0.2, -0.15) is 0 Å². The van der Waals surface area contributed by atoms with E-state index in [0.717, 1.165) is 25.2 Å². The van der Waals surface area contributed by atoms with E-state index in [1.165, 1.54) is 35.8 Å². The summed E-state index contributed by atoms with van der Waals surface area (Å²) in [6.45, 7) is 5.86. The zero-order valence-electron chi connectivity index (χ0n) is 18.5. The Kier molecular flexibility index (Phi) is 6.85. The summed E-state index contributed by atoms with van der Waals surface area (Å²) in [4.78, 5) is 41.7. The zero-order valence-corrected chi connectivity index (χ0v) is 18.5. The molecule has 32 heavy (non-hydrogen) atoms. The van der Waals surface area contributed by atoms with Gasteiger partial charge >= 0.3 is 11.1 Å². The summed E-state index contributed by atoms with van der Waals surface area (Å²) in [5.74, 6) is -0.222. The highest BCUT2D eigenvalue weighted by Crippen LogP contribution is 2.15. The molecule has 3 aromatic rings. The summed E-state index contributed by atoms with van der Waals surface area (Å²) in [6, 6.07) is 13.4. The van der Waals surface area contributed by atoms with Crippen LogP contribution < -0.4 is 16.4 Å². The number of aromatic amines is 1. The Morgan fingerprint density at radius 3 is 2.50 bits per heavy atom. The van der Waals surface area contributed by atoms with E-state index >= 15 is 0 Å². The minimum Gasteiger partial charge on any atom is -0.348 e. The van der Waals surface area contributed by atoms with Gasteiger partial charge in [0.05, 0.1) is 11.0 Å². The first kappa shape index (κ1) is 22.0. The average molecular weight is 435 g/mol. The molecule has 1 aliphatic heterocycles. The van der Waals surface area contributed by atoms with E-state index in [4.69, 9.17) is 0 Å². The number of amides is 1. The van der Waals surface area contributed by atoms with Crippen molar-refractivity contribution in [3.63, 3.8) is 0 Å². The molecule has 0 atom stereocenters. The predicted octanol–water partition coefficient (Wildman–Crippen LogP) is 3.02. The van der Waals surface area contributed by atoms with Crippen molar-refractivity contribution in [3.05, 3.63) is 79.9 Å². The summed E-state index contributed by atoms with van der Waals surface area (Å²) in [5.41, 5.74) is 2.57. The number of benzene rings is 2. The van der Waals surface area contributed by atoms with Crippen LogP contribution >= 0.6 is 0 Å². The largest absolute Gasteiger partial charge is 0.348 e. The second kappa shape index (κ2) is 9.96. The molecule has 2 heterocycles. The second-order valence-corrected chi connectivity index (χ2v) is 8.43. The molecule has 2 N–H and O–H groups in total. The summed E-state index contributed by atoms with van der Waals surface area (Å²) in [6.07, 6.45) is 5.17. The Morgan fingerprint density at radius 1 is 1.00 bits per heavy atom. The topological polar surface area (TPSA) is 87.2 Å². The normalized spacial score (nSPS) is 14.9. The van der Waals surface area contributed by atoms with Gasteiger partial charge in [0.2, 0.25) is 0 Å². The van der Waals surface area contributed by atoms with Crippen LogP contribution in [0.25, 0.3) is 11.0 Å². The van der Waals surface area contributed by atoms with Crippen LogP contribution in [0.2, 0.25) is 0 Å².